The summed E-state index contributed by atoms with van der Waals surface area (Å²) in [4.78, 5) is 19.4. The van der Waals surface area contributed by atoms with E-state index >= 15 is 0 Å². The topological polar surface area (TPSA) is 77.0 Å². The summed E-state index contributed by atoms with van der Waals surface area (Å²) in [6.07, 6.45) is 8.61. The van der Waals surface area contributed by atoms with Gasteiger partial charge in [0.2, 0.25) is 5.91 Å². The number of amides is 1. The van der Waals surface area contributed by atoms with Crippen LogP contribution in [-0.2, 0) is 11.3 Å². The second-order valence-corrected chi connectivity index (χ2v) is 7.38. The number of hydrogen-bond acceptors (Lipinski definition) is 4. The van der Waals surface area contributed by atoms with Crippen molar-refractivity contribution in [3.05, 3.63) is 24.0 Å². The number of fused-ring (bicyclic) bond motifs is 1. The molecule has 2 aliphatic rings. The van der Waals surface area contributed by atoms with E-state index in [9.17, 15) is 4.79 Å². The van der Waals surface area contributed by atoms with Crippen molar-refractivity contribution in [1.82, 2.24) is 19.7 Å². The number of hydrogen-bond donors (Lipinski definition) is 1. The van der Waals surface area contributed by atoms with Crippen LogP contribution in [0.1, 0.15) is 50.1 Å². The second-order valence-electron chi connectivity index (χ2n) is 7.38. The minimum atomic E-state index is 0.251. The Morgan fingerprint density at radius 2 is 2.08 bits per heavy atom. The van der Waals surface area contributed by atoms with E-state index in [-0.39, 0.29) is 5.92 Å². The molecule has 2 N–H and O–H groups in total. The van der Waals surface area contributed by atoms with Crippen LogP contribution in [0.25, 0.3) is 11.0 Å². The highest BCUT2D eigenvalue weighted by atomic mass is 16.2. The van der Waals surface area contributed by atoms with Gasteiger partial charge in [-0.15, -0.1) is 0 Å². The zero-order valence-electron chi connectivity index (χ0n) is 14.7. The van der Waals surface area contributed by atoms with Crippen molar-refractivity contribution in [3.8, 4) is 0 Å². The molecule has 2 fully saturated rings. The zero-order valence-corrected chi connectivity index (χ0v) is 14.7. The number of nitrogens with two attached hydrogens (primary N) is 1. The van der Waals surface area contributed by atoms with Crippen molar-refractivity contribution in [2.45, 2.75) is 51.0 Å². The van der Waals surface area contributed by atoms with Gasteiger partial charge in [0.1, 0.15) is 0 Å². The number of carbonyl (C=O) groups excluding carboxylic acids is 1. The maximum atomic E-state index is 12.8. The summed E-state index contributed by atoms with van der Waals surface area (Å²) in [6.45, 7) is 2.86. The van der Waals surface area contributed by atoms with Gasteiger partial charge in [0.15, 0.2) is 5.65 Å². The summed E-state index contributed by atoms with van der Waals surface area (Å²) in [5, 5.41) is 5.91. The maximum Gasteiger partial charge on any atom is 0.225 e. The van der Waals surface area contributed by atoms with Gasteiger partial charge in [-0.1, -0.05) is 19.3 Å². The monoisotopic (exact) mass is 341 g/mol. The Balaban J connectivity index is 1.53. The lowest BCUT2D eigenvalue weighted by molar-refractivity contribution is -0.135. The molecule has 0 bridgehead atoms. The fourth-order valence-corrected chi connectivity index (χ4v) is 4.40. The summed E-state index contributed by atoms with van der Waals surface area (Å²) in [7, 11) is 0. The predicted molar refractivity (Wildman–Crippen MR) is 97.1 cm³/mol. The molecule has 2 aromatic heterocycles. The van der Waals surface area contributed by atoms with E-state index in [2.05, 4.69) is 16.0 Å². The number of nitrogens with zero attached hydrogens (tertiary/aromatic N) is 4. The van der Waals surface area contributed by atoms with Gasteiger partial charge in [-0.3, -0.25) is 4.79 Å². The maximum absolute atomic E-state index is 12.8. The van der Waals surface area contributed by atoms with Crippen LogP contribution < -0.4 is 5.73 Å². The quantitative estimate of drug-likeness (QED) is 0.925. The first-order chi connectivity index (χ1) is 12.3. The van der Waals surface area contributed by atoms with E-state index in [0.29, 0.717) is 24.9 Å². The Labute approximate surface area is 148 Å². The molecule has 134 valence electrons. The van der Waals surface area contributed by atoms with Gasteiger partial charge in [-0.05, 0) is 31.4 Å². The minimum absolute atomic E-state index is 0.251. The molecule has 6 heteroatoms. The van der Waals surface area contributed by atoms with Crippen molar-refractivity contribution < 1.29 is 4.79 Å². The summed E-state index contributed by atoms with van der Waals surface area (Å²) in [6, 6.07) is 4.05. The average molecular weight is 341 g/mol. The molecule has 1 saturated carbocycles. The van der Waals surface area contributed by atoms with Crippen molar-refractivity contribution >= 4 is 16.9 Å². The number of aromatic nitrogens is 3. The minimum Gasteiger partial charge on any atom is -0.342 e. The van der Waals surface area contributed by atoms with Crippen LogP contribution >= 0.6 is 0 Å². The van der Waals surface area contributed by atoms with Gasteiger partial charge in [-0.2, -0.15) is 5.10 Å². The van der Waals surface area contributed by atoms with Crippen LogP contribution in [0.15, 0.2) is 18.3 Å². The number of likely N-dealkylation sites (tertiary alicyclic amines) is 1. The van der Waals surface area contributed by atoms with Crippen LogP contribution in [-0.4, -0.2) is 45.2 Å². The molecule has 0 spiro atoms. The van der Waals surface area contributed by atoms with Crippen LogP contribution in [0, 0.1) is 5.92 Å². The zero-order chi connectivity index (χ0) is 17.2. The molecule has 4 rings (SSSR count). The van der Waals surface area contributed by atoms with Gasteiger partial charge < -0.3 is 10.6 Å². The van der Waals surface area contributed by atoms with Gasteiger partial charge in [0, 0.05) is 43.1 Å². The highest BCUT2D eigenvalue weighted by Crippen LogP contribution is 2.33. The van der Waals surface area contributed by atoms with E-state index in [1.807, 2.05) is 10.7 Å². The van der Waals surface area contributed by atoms with Crippen LogP contribution in [0.3, 0.4) is 0 Å². The smallest absolute Gasteiger partial charge is 0.225 e. The molecule has 1 saturated heterocycles. The molecule has 2 aromatic rings. The molecule has 1 atom stereocenters. The highest BCUT2D eigenvalue weighted by molar-refractivity contribution is 5.81. The number of carbonyl (C=O) groups is 1. The lowest BCUT2D eigenvalue weighted by Crippen LogP contribution is -2.35. The van der Waals surface area contributed by atoms with Crippen molar-refractivity contribution in [2.75, 3.05) is 19.6 Å². The van der Waals surface area contributed by atoms with Crippen LogP contribution in [0.5, 0.6) is 0 Å². The first-order valence-corrected chi connectivity index (χ1v) is 9.58. The number of rotatable bonds is 4. The molecular weight excluding hydrogens is 314 g/mol. The van der Waals surface area contributed by atoms with E-state index in [1.165, 1.54) is 19.3 Å². The fraction of sp³-hybridized carbons (Fsp3) is 0.632. The molecule has 0 radical (unpaired) electrons. The Morgan fingerprint density at radius 1 is 1.24 bits per heavy atom. The average Bonchev–Trinajstić information content (AvgIpc) is 3.28. The summed E-state index contributed by atoms with van der Waals surface area (Å²) < 4.78 is 1.91. The van der Waals surface area contributed by atoms with Gasteiger partial charge >= 0.3 is 0 Å². The molecule has 1 aliphatic carbocycles. The van der Waals surface area contributed by atoms with Gasteiger partial charge in [0.25, 0.3) is 0 Å². The highest BCUT2D eigenvalue weighted by Gasteiger charge is 2.34. The van der Waals surface area contributed by atoms with Crippen LogP contribution in [0.2, 0.25) is 0 Å². The molecule has 3 heterocycles. The summed E-state index contributed by atoms with van der Waals surface area (Å²) >= 11 is 0. The summed E-state index contributed by atoms with van der Waals surface area (Å²) in [5.41, 5.74) is 7.70. The van der Waals surface area contributed by atoms with E-state index in [4.69, 9.17) is 10.8 Å². The molecule has 1 amide bonds. The Kier molecular flexibility index (Phi) is 4.70. The third-order valence-corrected chi connectivity index (χ3v) is 5.72. The van der Waals surface area contributed by atoms with E-state index in [1.54, 1.807) is 6.20 Å². The predicted octanol–water partition coefficient (Wildman–Crippen LogP) is 2.29. The molecule has 1 aliphatic heterocycles. The fourth-order valence-electron chi connectivity index (χ4n) is 4.40. The van der Waals surface area contributed by atoms with Gasteiger partial charge in [0.05, 0.1) is 12.2 Å². The largest absolute Gasteiger partial charge is 0.342 e. The molecular formula is C19H27N5O. The van der Waals surface area contributed by atoms with Crippen molar-refractivity contribution in [2.24, 2.45) is 11.7 Å². The third-order valence-electron chi connectivity index (χ3n) is 5.72. The summed E-state index contributed by atoms with van der Waals surface area (Å²) in [5.74, 6) is 0.921. The molecule has 0 unspecified atom stereocenters. The first-order valence-electron chi connectivity index (χ1n) is 9.58. The van der Waals surface area contributed by atoms with E-state index in [0.717, 1.165) is 49.1 Å². The SMILES string of the molecule is NCCn1nc([C@H]2CCN(C(=O)C3CCCCC3)C2)c2cccnc21. The standard InChI is InChI=1S/C19H27N5O/c20-9-12-24-18-16(7-4-10-21-18)17(22-24)15-8-11-23(13-15)19(25)14-5-2-1-3-6-14/h4,7,10,14-15H,1-3,5-6,8-9,11-13,20H2/t15-/m0/s1. The Hall–Kier alpha value is -1.95. The lowest BCUT2D eigenvalue weighted by atomic mass is 9.88. The van der Waals surface area contributed by atoms with E-state index < -0.39 is 0 Å². The van der Waals surface area contributed by atoms with Crippen molar-refractivity contribution in [3.63, 3.8) is 0 Å². The molecule has 25 heavy (non-hydrogen) atoms. The number of pyridine rings is 1. The third kappa shape index (κ3) is 3.15. The van der Waals surface area contributed by atoms with Gasteiger partial charge in [-0.25, -0.2) is 9.67 Å². The Morgan fingerprint density at radius 3 is 2.88 bits per heavy atom. The van der Waals surface area contributed by atoms with Crippen LogP contribution in [0.4, 0.5) is 0 Å². The molecule has 0 aromatic carbocycles. The Bertz CT molecular complexity index is 749. The lowest BCUT2D eigenvalue weighted by Gasteiger charge is -2.26. The molecule has 6 nitrogen and oxygen atoms in total. The second kappa shape index (κ2) is 7.12. The van der Waals surface area contributed by atoms with Crippen molar-refractivity contribution in [1.29, 1.82) is 0 Å². The first kappa shape index (κ1) is 16.5. The normalized spacial score (nSPS) is 22.0.